The maximum atomic E-state index is 12.2. The number of carbonyl (C=O) groups excluding carboxylic acids is 1. The molecule has 1 aliphatic carbocycles. The average molecular weight is 380 g/mol. The third kappa shape index (κ3) is 5.37. The third-order valence-electron chi connectivity index (χ3n) is 5.41. The molecular formula is C19H29N3O3S. The van der Waals surface area contributed by atoms with Crippen LogP contribution in [0.2, 0.25) is 0 Å². The van der Waals surface area contributed by atoms with Crippen molar-refractivity contribution >= 4 is 27.2 Å². The van der Waals surface area contributed by atoms with E-state index in [9.17, 15) is 13.2 Å². The number of nitrogens with zero attached hydrogens (tertiary/aromatic N) is 1. The van der Waals surface area contributed by atoms with E-state index in [1.54, 1.807) is 0 Å². The number of hydrogen-bond acceptors (Lipinski definition) is 4. The fraction of sp³-hybridized carbons (Fsp3) is 0.632. The molecule has 2 fully saturated rings. The zero-order chi connectivity index (χ0) is 18.6. The summed E-state index contributed by atoms with van der Waals surface area (Å²) in [7, 11) is -2.90. The van der Waals surface area contributed by atoms with Crippen molar-refractivity contribution in [2.45, 2.75) is 32.6 Å². The quantitative estimate of drug-likeness (QED) is 0.843. The number of hydrogen-bond donors (Lipinski definition) is 2. The first kappa shape index (κ1) is 19.0. The molecule has 1 heterocycles. The van der Waals surface area contributed by atoms with Gasteiger partial charge < -0.3 is 15.5 Å². The molecule has 0 aromatic heterocycles. The number of benzene rings is 1. The van der Waals surface area contributed by atoms with Gasteiger partial charge in [-0.3, -0.25) is 0 Å². The summed E-state index contributed by atoms with van der Waals surface area (Å²) >= 11 is 0. The van der Waals surface area contributed by atoms with Crippen LogP contribution in [0.15, 0.2) is 24.3 Å². The predicted octanol–water partition coefficient (Wildman–Crippen LogP) is 2.87. The van der Waals surface area contributed by atoms with Gasteiger partial charge in [-0.25, -0.2) is 13.2 Å². The molecule has 0 bridgehead atoms. The Morgan fingerprint density at radius 2 is 2.00 bits per heavy atom. The molecular weight excluding hydrogens is 350 g/mol. The summed E-state index contributed by atoms with van der Waals surface area (Å²) in [5.74, 6) is 1.70. The van der Waals surface area contributed by atoms with E-state index in [1.807, 2.05) is 29.2 Å². The van der Waals surface area contributed by atoms with Crippen LogP contribution in [0.4, 0.5) is 16.2 Å². The lowest BCUT2D eigenvalue weighted by atomic mass is 9.82. The van der Waals surface area contributed by atoms with E-state index < -0.39 is 9.84 Å². The van der Waals surface area contributed by atoms with Crippen LogP contribution in [0.1, 0.15) is 32.6 Å². The first-order chi connectivity index (χ1) is 12.4. The molecule has 0 unspecified atom stereocenters. The summed E-state index contributed by atoms with van der Waals surface area (Å²) in [6.45, 7) is 4.00. The van der Waals surface area contributed by atoms with Crippen LogP contribution >= 0.6 is 0 Å². The third-order valence-corrected chi connectivity index (χ3v) is 7.02. The van der Waals surface area contributed by atoms with Crippen LogP contribution in [-0.2, 0) is 9.84 Å². The molecule has 144 valence electrons. The van der Waals surface area contributed by atoms with Gasteiger partial charge in [-0.2, -0.15) is 0 Å². The Hall–Kier alpha value is -1.76. The Morgan fingerprint density at radius 3 is 2.73 bits per heavy atom. The molecule has 1 aromatic carbocycles. The van der Waals surface area contributed by atoms with E-state index >= 15 is 0 Å². The van der Waals surface area contributed by atoms with E-state index in [2.05, 4.69) is 17.6 Å². The van der Waals surface area contributed by atoms with Crippen LogP contribution in [0, 0.1) is 11.8 Å². The Bertz CT molecular complexity index is 721. The lowest BCUT2D eigenvalue weighted by Crippen LogP contribution is -2.40. The highest BCUT2D eigenvalue weighted by molar-refractivity contribution is 7.91. The van der Waals surface area contributed by atoms with Gasteiger partial charge in [-0.1, -0.05) is 25.8 Å². The topological polar surface area (TPSA) is 78.5 Å². The van der Waals surface area contributed by atoms with Crippen molar-refractivity contribution in [3.05, 3.63) is 24.3 Å². The summed E-state index contributed by atoms with van der Waals surface area (Å²) in [5.41, 5.74) is 1.67. The van der Waals surface area contributed by atoms with Gasteiger partial charge in [0.25, 0.3) is 0 Å². The molecule has 2 N–H and O–H groups in total. The van der Waals surface area contributed by atoms with Crippen molar-refractivity contribution in [1.29, 1.82) is 0 Å². The van der Waals surface area contributed by atoms with Gasteiger partial charge in [0.2, 0.25) is 0 Å². The molecule has 1 aromatic rings. The van der Waals surface area contributed by atoms with Crippen molar-refractivity contribution in [3.63, 3.8) is 0 Å². The van der Waals surface area contributed by atoms with E-state index in [0.717, 1.165) is 23.8 Å². The number of nitrogens with one attached hydrogen (secondary N) is 2. The Morgan fingerprint density at radius 1 is 1.23 bits per heavy atom. The zero-order valence-corrected chi connectivity index (χ0v) is 16.2. The number of carbonyl (C=O) groups is 1. The molecule has 7 heteroatoms. The van der Waals surface area contributed by atoms with Crippen molar-refractivity contribution in [3.8, 4) is 0 Å². The predicted molar refractivity (Wildman–Crippen MR) is 105 cm³/mol. The Balaban J connectivity index is 1.51. The molecule has 0 spiro atoms. The zero-order valence-electron chi connectivity index (χ0n) is 15.4. The molecule has 0 radical (unpaired) electrons. The van der Waals surface area contributed by atoms with E-state index in [4.69, 9.17) is 0 Å². The minimum absolute atomic E-state index is 0.179. The smallest absolute Gasteiger partial charge is 0.319 e. The second kappa shape index (κ2) is 8.29. The average Bonchev–Trinajstić information content (AvgIpc) is 2.60. The van der Waals surface area contributed by atoms with Gasteiger partial charge in [0.15, 0.2) is 9.84 Å². The maximum Gasteiger partial charge on any atom is 0.319 e. The first-order valence-electron chi connectivity index (χ1n) is 9.51. The van der Waals surface area contributed by atoms with E-state index in [1.165, 1.54) is 25.7 Å². The van der Waals surface area contributed by atoms with Gasteiger partial charge in [0.05, 0.1) is 11.5 Å². The van der Waals surface area contributed by atoms with Crippen molar-refractivity contribution < 1.29 is 13.2 Å². The molecule has 2 amide bonds. The maximum absolute atomic E-state index is 12.2. The Labute approximate surface area is 156 Å². The number of urea groups is 1. The fourth-order valence-electron chi connectivity index (χ4n) is 3.91. The van der Waals surface area contributed by atoms with Crippen LogP contribution in [0.5, 0.6) is 0 Å². The second-order valence-corrected chi connectivity index (χ2v) is 9.97. The molecule has 2 atom stereocenters. The monoisotopic (exact) mass is 379 g/mol. The van der Waals surface area contributed by atoms with Crippen molar-refractivity contribution in [1.82, 2.24) is 5.32 Å². The van der Waals surface area contributed by atoms with Gasteiger partial charge in [0.1, 0.15) is 0 Å². The van der Waals surface area contributed by atoms with Crippen LogP contribution in [0.25, 0.3) is 0 Å². The lowest BCUT2D eigenvalue weighted by molar-refractivity contribution is 0.241. The fourth-order valence-corrected chi connectivity index (χ4v) is 5.11. The number of anilines is 2. The summed E-state index contributed by atoms with van der Waals surface area (Å²) in [6, 6.07) is 7.41. The molecule has 26 heavy (non-hydrogen) atoms. The second-order valence-electron chi connectivity index (χ2n) is 7.66. The largest absolute Gasteiger partial charge is 0.369 e. The van der Waals surface area contributed by atoms with Gasteiger partial charge in [-0.15, -0.1) is 0 Å². The number of rotatable bonds is 4. The molecule has 1 saturated carbocycles. The van der Waals surface area contributed by atoms with Crippen LogP contribution in [-0.4, -0.2) is 45.6 Å². The standard InChI is InChI=1S/C19H29N3O3S/c1-15-4-2-5-16(12-15)14-20-19(23)21-17-6-3-7-18(13-17)22-8-10-26(24,25)11-9-22/h3,6-7,13,15-16H,2,4-5,8-12,14H2,1H3,(H2,20,21,23)/t15-,16-/m1/s1. The molecule has 3 rings (SSSR count). The first-order valence-corrected chi connectivity index (χ1v) is 11.3. The Kier molecular flexibility index (Phi) is 6.06. The van der Waals surface area contributed by atoms with Crippen molar-refractivity contribution in [2.24, 2.45) is 11.8 Å². The molecule has 2 aliphatic rings. The summed E-state index contributed by atoms with van der Waals surface area (Å²) < 4.78 is 23.1. The summed E-state index contributed by atoms with van der Waals surface area (Å²) in [6.07, 6.45) is 4.93. The molecule has 1 saturated heterocycles. The molecule has 1 aliphatic heterocycles. The highest BCUT2D eigenvalue weighted by Gasteiger charge is 2.22. The van der Waals surface area contributed by atoms with Gasteiger partial charge >= 0.3 is 6.03 Å². The number of sulfone groups is 1. The van der Waals surface area contributed by atoms with Gasteiger partial charge in [0, 0.05) is 31.0 Å². The van der Waals surface area contributed by atoms with Crippen molar-refractivity contribution in [2.75, 3.05) is 41.4 Å². The summed E-state index contributed by atoms with van der Waals surface area (Å²) in [4.78, 5) is 14.2. The van der Waals surface area contributed by atoms with E-state index in [-0.39, 0.29) is 17.5 Å². The highest BCUT2D eigenvalue weighted by Crippen LogP contribution is 2.28. The minimum atomic E-state index is -2.90. The van der Waals surface area contributed by atoms with Gasteiger partial charge in [-0.05, 0) is 42.9 Å². The SMILES string of the molecule is C[C@@H]1CCC[C@@H](CNC(=O)Nc2cccc(N3CCS(=O)(=O)CC3)c2)C1. The molecule has 6 nitrogen and oxygen atoms in total. The van der Waals surface area contributed by atoms with Crippen LogP contribution < -0.4 is 15.5 Å². The normalized spacial score (nSPS) is 25.5. The van der Waals surface area contributed by atoms with Crippen LogP contribution in [0.3, 0.4) is 0 Å². The highest BCUT2D eigenvalue weighted by atomic mass is 32.2. The lowest BCUT2D eigenvalue weighted by Gasteiger charge is -2.29. The number of amides is 2. The minimum Gasteiger partial charge on any atom is -0.369 e. The van der Waals surface area contributed by atoms with E-state index in [0.29, 0.717) is 19.0 Å². The summed E-state index contributed by atoms with van der Waals surface area (Å²) in [5, 5.41) is 5.88.